The summed E-state index contributed by atoms with van der Waals surface area (Å²) in [6.07, 6.45) is 13.4. The van der Waals surface area contributed by atoms with Crippen molar-refractivity contribution in [1.82, 2.24) is 0 Å². The van der Waals surface area contributed by atoms with E-state index in [-0.39, 0.29) is 0 Å². The summed E-state index contributed by atoms with van der Waals surface area (Å²) in [4.78, 5) is 0. The summed E-state index contributed by atoms with van der Waals surface area (Å²) >= 11 is 0. The zero-order valence-electron chi connectivity index (χ0n) is 18.9. The van der Waals surface area contributed by atoms with E-state index < -0.39 is 14.3 Å². The Morgan fingerprint density at radius 3 is 1.11 bits per heavy atom. The van der Waals surface area contributed by atoms with Gasteiger partial charge >= 0.3 is 0 Å². The average molecular weight is 427 g/mol. The zero-order chi connectivity index (χ0) is 20.9. The predicted octanol–water partition coefficient (Wildman–Crippen LogP) is 8.61. The van der Waals surface area contributed by atoms with Gasteiger partial charge in [0.2, 0.25) is 0 Å². The molecule has 28 heavy (non-hydrogen) atoms. The van der Waals surface area contributed by atoms with Crippen LogP contribution in [0.15, 0.2) is 24.3 Å². The second-order valence-electron chi connectivity index (χ2n) is 8.51. The van der Waals surface area contributed by atoms with E-state index in [2.05, 4.69) is 52.0 Å². The van der Waals surface area contributed by atoms with Crippen LogP contribution in [0.1, 0.15) is 90.2 Å². The van der Waals surface area contributed by atoms with Gasteiger partial charge in [-0.15, -0.1) is 0 Å². The highest BCUT2D eigenvalue weighted by Crippen LogP contribution is 2.54. The van der Waals surface area contributed by atoms with Crippen LogP contribution in [-0.4, -0.2) is 24.6 Å². The SMILES string of the molecule is CCCCP(=O)(CCCC)Cc1ccccc1CP(=O)(CCCC)CCCC. The smallest absolute Gasteiger partial charge is 0.0919 e. The van der Waals surface area contributed by atoms with Gasteiger partial charge in [-0.1, -0.05) is 77.6 Å². The third-order valence-electron chi connectivity index (χ3n) is 5.71. The summed E-state index contributed by atoms with van der Waals surface area (Å²) in [5.74, 6) is 0. The van der Waals surface area contributed by atoms with Crippen molar-refractivity contribution in [2.75, 3.05) is 24.6 Å². The zero-order valence-corrected chi connectivity index (χ0v) is 20.7. The Labute approximate surface area is 175 Å². The van der Waals surface area contributed by atoms with Gasteiger partial charge < -0.3 is 9.13 Å². The third-order valence-corrected chi connectivity index (χ3v) is 12.1. The summed E-state index contributed by atoms with van der Waals surface area (Å²) < 4.78 is 27.4. The second kappa shape index (κ2) is 13.8. The van der Waals surface area contributed by atoms with Crippen LogP contribution in [-0.2, 0) is 21.5 Å². The lowest BCUT2D eigenvalue weighted by molar-refractivity contribution is 0.566. The van der Waals surface area contributed by atoms with Crippen molar-refractivity contribution in [3.63, 3.8) is 0 Å². The maximum absolute atomic E-state index is 13.7. The van der Waals surface area contributed by atoms with Crippen LogP contribution in [0.2, 0.25) is 0 Å². The molecule has 0 aliphatic rings. The van der Waals surface area contributed by atoms with Crippen LogP contribution in [0.3, 0.4) is 0 Å². The molecule has 0 radical (unpaired) electrons. The highest BCUT2D eigenvalue weighted by Gasteiger charge is 2.26. The third kappa shape index (κ3) is 9.45. The van der Waals surface area contributed by atoms with Crippen LogP contribution in [0.25, 0.3) is 0 Å². The fraction of sp³-hybridized carbons (Fsp3) is 0.750. The molecule has 0 heterocycles. The monoisotopic (exact) mass is 426 g/mol. The molecule has 0 N–H and O–H groups in total. The molecule has 4 heteroatoms. The maximum atomic E-state index is 13.7. The summed E-state index contributed by atoms with van der Waals surface area (Å²) in [5, 5.41) is 0. The molecule has 0 atom stereocenters. The number of benzene rings is 1. The van der Waals surface area contributed by atoms with Gasteiger partial charge in [-0.3, -0.25) is 0 Å². The quantitative estimate of drug-likeness (QED) is 0.248. The molecular formula is C24H44O2P2. The first kappa shape index (κ1) is 25.7. The molecule has 0 spiro atoms. The lowest BCUT2D eigenvalue weighted by Crippen LogP contribution is -2.05. The molecule has 0 aliphatic heterocycles. The number of hydrogen-bond acceptors (Lipinski definition) is 2. The first-order chi connectivity index (χ1) is 13.4. The summed E-state index contributed by atoms with van der Waals surface area (Å²) in [6, 6.07) is 8.41. The Kier molecular flexibility index (Phi) is 12.7. The Balaban J connectivity index is 3.05. The van der Waals surface area contributed by atoms with E-state index in [0.29, 0.717) is 12.3 Å². The Hall–Kier alpha value is -0.320. The standard InChI is InChI=1S/C24H44O2P2/c1-5-9-17-27(25,18-10-6-2)21-23-15-13-14-16-24(23)22-28(26,19-11-7-3)20-12-8-4/h13-16H,5-12,17-22H2,1-4H3. The largest absolute Gasteiger partial charge is 0.323 e. The minimum Gasteiger partial charge on any atom is -0.323 e. The molecule has 0 bridgehead atoms. The minimum atomic E-state index is -2.20. The van der Waals surface area contributed by atoms with Crippen LogP contribution in [0.5, 0.6) is 0 Å². The van der Waals surface area contributed by atoms with E-state index in [4.69, 9.17) is 0 Å². The topological polar surface area (TPSA) is 34.1 Å². The van der Waals surface area contributed by atoms with Crippen molar-refractivity contribution in [2.45, 2.75) is 91.4 Å². The highest BCUT2D eigenvalue weighted by atomic mass is 31.2. The van der Waals surface area contributed by atoms with Gasteiger partial charge in [0.25, 0.3) is 0 Å². The average Bonchev–Trinajstić information content (AvgIpc) is 2.69. The fourth-order valence-electron chi connectivity index (χ4n) is 3.81. The minimum absolute atomic E-state index is 0.699. The highest BCUT2D eigenvalue weighted by molar-refractivity contribution is 7.63. The van der Waals surface area contributed by atoms with Gasteiger partial charge in [0.1, 0.15) is 0 Å². The van der Waals surface area contributed by atoms with Crippen molar-refractivity contribution in [3.05, 3.63) is 35.4 Å². The van der Waals surface area contributed by atoms with Gasteiger partial charge in [-0.25, -0.2) is 0 Å². The van der Waals surface area contributed by atoms with E-state index in [1.165, 1.54) is 11.1 Å². The molecule has 0 aliphatic carbocycles. The molecule has 0 saturated carbocycles. The Morgan fingerprint density at radius 1 is 0.571 bits per heavy atom. The van der Waals surface area contributed by atoms with Crippen molar-refractivity contribution in [1.29, 1.82) is 0 Å². The van der Waals surface area contributed by atoms with Gasteiger partial charge in [-0.05, 0) is 36.8 Å². The second-order valence-corrected chi connectivity index (χ2v) is 15.2. The van der Waals surface area contributed by atoms with Gasteiger partial charge in [0, 0.05) is 37.0 Å². The Bertz CT molecular complexity index is 560. The van der Waals surface area contributed by atoms with Crippen molar-refractivity contribution >= 4 is 14.3 Å². The molecule has 0 saturated heterocycles. The number of unbranched alkanes of at least 4 members (excludes halogenated alkanes) is 4. The van der Waals surface area contributed by atoms with E-state index in [1.54, 1.807) is 0 Å². The first-order valence-corrected chi connectivity index (χ1v) is 16.2. The molecule has 2 nitrogen and oxygen atoms in total. The normalized spacial score (nSPS) is 12.4. The molecule has 0 amide bonds. The lowest BCUT2D eigenvalue weighted by Gasteiger charge is -2.23. The van der Waals surface area contributed by atoms with Crippen LogP contribution < -0.4 is 0 Å². The van der Waals surface area contributed by atoms with Crippen molar-refractivity contribution in [2.24, 2.45) is 0 Å². The van der Waals surface area contributed by atoms with E-state index in [1.807, 2.05) is 0 Å². The van der Waals surface area contributed by atoms with Gasteiger partial charge in [0.05, 0.1) is 14.3 Å². The van der Waals surface area contributed by atoms with E-state index >= 15 is 0 Å². The Morgan fingerprint density at radius 2 is 0.857 bits per heavy atom. The fourth-order valence-corrected chi connectivity index (χ4v) is 10.3. The molecule has 162 valence electrons. The van der Waals surface area contributed by atoms with Gasteiger partial charge in [0.15, 0.2) is 0 Å². The van der Waals surface area contributed by atoms with E-state index in [0.717, 1.165) is 76.0 Å². The molecule has 0 unspecified atom stereocenters. The molecule has 1 rings (SSSR count). The lowest BCUT2D eigenvalue weighted by atomic mass is 10.1. The summed E-state index contributed by atoms with van der Waals surface area (Å²) in [7, 11) is -4.40. The van der Waals surface area contributed by atoms with Crippen LogP contribution in [0, 0.1) is 0 Å². The predicted molar refractivity (Wildman–Crippen MR) is 128 cm³/mol. The first-order valence-electron chi connectivity index (χ1n) is 11.6. The van der Waals surface area contributed by atoms with Crippen molar-refractivity contribution in [3.8, 4) is 0 Å². The molecule has 0 aromatic heterocycles. The summed E-state index contributed by atoms with van der Waals surface area (Å²) in [6.45, 7) is 8.71. The number of hydrogen-bond donors (Lipinski definition) is 0. The molecular weight excluding hydrogens is 382 g/mol. The van der Waals surface area contributed by atoms with E-state index in [9.17, 15) is 9.13 Å². The van der Waals surface area contributed by atoms with Crippen LogP contribution in [0.4, 0.5) is 0 Å². The molecule has 1 aromatic rings. The number of rotatable bonds is 16. The molecule has 1 aromatic carbocycles. The molecule has 0 fully saturated rings. The maximum Gasteiger partial charge on any atom is 0.0919 e. The summed E-state index contributed by atoms with van der Waals surface area (Å²) in [5.41, 5.74) is 2.40. The van der Waals surface area contributed by atoms with Crippen LogP contribution >= 0.6 is 14.3 Å². The van der Waals surface area contributed by atoms with Crippen molar-refractivity contribution < 1.29 is 9.13 Å². The van der Waals surface area contributed by atoms with Gasteiger partial charge in [-0.2, -0.15) is 0 Å².